The second-order valence-corrected chi connectivity index (χ2v) is 5.32. The van der Waals surface area contributed by atoms with E-state index in [-0.39, 0.29) is 17.7 Å². The smallest absolute Gasteiger partial charge is 0.269 e. The van der Waals surface area contributed by atoms with Crippen molar-refractivity contribution in [3.8, 4) is 0 Å². The van der Waals surface area contributed by atoms with Gasteiger partial charge in [-0.15, -0.1) is 0 Å². The number of carbonyl (C=O) groups excluding carboxylic acids is 2. The van der Waals surface area contributed by atoms with E-state index >= 15 is 0 Å². The van der Waals surface area contributed by atoms with Gasteiger partial charge < -0.3 is 20.3 Å². The molecule has 0 aromatic heterocycles. The van der Waals surface area contributed by atoms with Crippen molar-refractivity contribution in [2.75, 3.05) is 0 Å². The van der Waals surface area contributed by atoms with Crippen LogP contribution in [0.2, 0.25) is 0 Å². The van der Waals surface area contributed by atoms with Crippen LogP contribution in [0.5, 0.6) is 0 Å². The lowest BCUT2D eigenvalue weighted by Gasteiger charge is -2.25. The van der Waals surface area contributed by atoms with Gasteiger partial charge in [0.05, 0.1) is 23.4 Å². The van der Waals surface area contributed by atoms with Crippen molar-refractivity contribution in [3.05, 3.63) is 75.8 Å². The molecule has 2 rings (SSSR count). The second kappa shape index (κ2) is 8.02. The largest absolute Gasteiger partial charge is 0.548 e. The minimum absolute atomic E-state index is 0.0107. The first-order chi connectivity index (χ1) is 11.9. The molecular weight excluding hydrogens is 328 g/mol. The Bertz CT molecular complexity index is 778. The Labute approximate surface area is 142 Å². The first kappa shape index (κ1) is 18.1. The van der Waals surface area contributed by atoms with Crippen LogP contribution in [0.4, 0.5) is 5.69 Å². The average Bonchev–Trinajstić information content (AvgIpc) is 2.60. The number of benzene rings is 2. The second-order valence-electron chi connectivity index (χ2n) is 5.32. The van der Waals surface area contributed by atoms with E-state index in [9.17, 15) is 29.9 Å². The quantitative estimate of drug-likeness (QED) is 0.541. The molecule has 0 saturated heterocycles. The van der Waals surface area contributed by atoms with E-state index in [1.54, 1.807) is 30.3 Å². The highest BCUT2D eigenvalue weighted by atomic mass is 16.6. The molecule has 1 amide bonds. The molecule has 0 unspecified atom stereocenters. The molecule has 0 bridgehead atoms. The monoisotopic (exact) mass is 343 g/mol. The third-order valence-corrected chi connectivity index (χ3v) is 3.52. The highest BCUT2D eigenvalue weighted by molar-refractivity contribution is 5.84. The predicted molar refractivity (Wildman–Crippen MR) is 85.1 cm³/mol. The number of nitro groups is 1. The number of aliphatic hydroxyl groups is 1. The fourth-order valence-electron chi connectivity index (χ4n) is 2.29. The lowest BCUT2D eigenvalue weighted by atomic mass is 10.0. The molecule has 0 saturated carbocycles. The molecule has 2 N–H and O–H groups in total. The van der Waals surface area contributed by atoms with Crippen LogP contribution in [0.25, 0.3) is 0 Å². The van der Waals surface area contributed by atoms with Crippen LogP contribution in [0.1, 0.15) is 17.2 Å². The number of carboxylic acid groups (broad SMARTS) is 1. The fraction of sp³-hybridized carbons (Fsp3) is 0.176. The van der Waals surface area contributed by atoms with Crippen LogP contribution >= 0.6 is 0 Å². The van der Waals surface area contributed by atoms with Crippen LogP contribution in [0.15, 0.2) is 54.6 Å². The SMILES string of the molecule is O=C(Cc1ccccc1)N[C@@H](C(=O)[O-])[C@H](O)c1cccc([N+](=O)[O-])c1. The summed E-state index contributed by atoms with van der Waals surface area (Å²) < 4.78 is 0. The van der Waals surface area contributed by atoms with Gasteiger partial charge in [-0.25, -0.2) is 0 Å². The Morgan fingerprint density at radius 1 is 1.12 bits per heavy atom. The molecule has 8 heteroatoms. The van der Waals surface area contributed by atoms with E-state index in [4.69, 9.17) is 0 Å². The fourth-order valence-corrected chi connectivity index (χ4v) is 2.29. The number of nitro benzene ring substituents is 1. The summed E-state index contributed by atoms with van der Waals surface area (Å²) in [6, 6.07) is 11.8. The van der Waals surface area contributed by atoms with E-state index in [0.29, 0.717) is 5.56 Å². The van der Waals surface area contributed by atoms with Gasteiger partial charge in [0, 0.05) is 12.1 Å². The topological polar surface area (TPSA) is 133 Å². The van der Waals surface area contributed by atoms with Crippen molar-refractivity contribution in [1.29, 1.82) is 0 Å². The number of aliphatic hydroxyl groups excluding tert-OH is 1. The third kappa shape index (κ3) is 4.85. The number of hydrogen-bond donors (Lipinski definition) is 2. The molecular formula is C17H15N2O6-. The molecule has 0 aliphatic heterocycles. The van der Waals surface area contributed by atoms with E-state index in [1.165, 1.54) is 18.2 Å². The molecule has 25 heavy (non-hydrogen) atoms. The number of hydrogen-bond acceptors (Lipinski definition) is 6. The first-order valence-electron chi connectivity index (χ1n) is 7.35. The number of carbonyl (C=O) groups is 2. The van der Waals surface area contributed by atoms with E-state index < -0.39 is 28.9 Å². The minimum Gasteiger partial charge on any atom is -0.548 e. The summed E-state index contributed by atoms with van der Waals surface area (Å²) in [7, 11) is 0. The Kier molecular flexibility index (Phi) is 5.80. The minimum atomic E-state index is -1.74. The maximum Gasteiger partial charge on any atom is 0.269 e. The normalized spacial score (nSPS) is 12.8. The maximum absolute atomic E-state index is 12.0. The Balaban J connectivity index is 2.14. The number of nitrogens with one attached hydrogen (secondary N) is 1. The highest BCUT2D eigenvalue weighted by Gasteiger charge is 2.25. The van der Waals surface area contributed by atoms with Crippen molar-refractivity contribution in [2.24, 2.45) is 0 Å². The van der Waals surface area contributed by atoms with Gasteiger partial charge in [-0.2, -0.15) is 0 Å². The molecule has 2 aromatic carbocycles. The molecule has 0 spiro atoms. The highest BCUT2D eigenvalue weighted by Crippen LogP contribution is 2.21. The summed E-state index contributed by atoms with van der Waals surface area (Å²) in [6.07, 6.45) is -1.77. The van der Waals surface area contributed by atoms with Crippen LogP contribution < -0.4 is 10.4 Å². The van der Waals surface area contributed by atoms with Gasteiger partial charge in [-0.05, 0) is 11.1 Å². The number of non-ortho nitro benzene ring substituents is 1. The van der Waals surface area contributed by atoms with Crippen molar-refractivity contribution >= 4 is 17.6 Å². The summed E-state index contributed by atoms with van der Waals surface area (Å²) >= 11 is 0. The predicted octanol–water partition coefficient (Wildman–Crippen LogP) is 0.106. The molecule has 0 heterocycles. The summed E-state index contributed by atoms with van der Waals surface area (Å²) in [5, 5.41) is 34.5. The first-order valence-corrected chi connectivity index (χ1v) is 7.35. The number of aliphatic carboxylic acids is 1. The average molecular weight is 343 g/mol. The molecule has 0 aliphatic rings. The zero-order valence-corrected chi connectivity index (χ0v) is 13.0. The number of amides is 1. The van der Waals surface area contributed by atoms with Gasteiger partial charge in [-0.1, -0.05) is 42.5 Å². The molecule has 8 nitrogen and oxygen atoms in total. The summed E-state index contributed by atoms with van der Waals surface area (Å²) in [5.74, 6) is -2.31. The summed E-state index contributed by atoms with van der Waals surface area (Å²) in [5.41, 5.74) is 0.356. The van der Waals surface area contributed by atoms with E-state index in [1.807, 2.05) is 0 Å². The van der Waals surface area contributed by atoms with Crippen molar-refractivity contribution in [1.82, 2.24) is 5.32 Å². The van der Waals surface area contributed by atoms with Gasteiger partial charge in [0.15, 0.2) is 0 Å². The molecule has 0 fully saturated rings. The van der Waals surface area contributed by atoms with Gasteiger partial charge in [-0.3, -0.25) is 14.9 Å². The molecule has 2 atom stereocenters. The van der Waals surface area contributed by atoms with Crippen molar-refractivity contribution in [2.45, 2.75) is 18.6 Å². The van der Waals surface area contributed by atoms with Crippen LogP contribution in [-0.4, -0.2) is 27.9 Å². The Morgan fingerprint density at radius 2 is 1.80 bits per heavy atom. The van der Waals surface area contributed by atoms with E-state index in [0.717, 1.165) is 6.07 Å². The van der Waals surface area contributed by atoms with Crippen LogP contribution in [-0.2, 0) is 16.0 Å². The molecule has 130 valence electrons. The zero-order valence-electron chi connectivity index (χ0n) is 13.0. The Morgan fingerprint density at radius 3 is 2.40 bits per heavy atom. The molecule has 2 aromatic rings. The maximum atomic E-state index is 12.0. The number of nitrogens with zero attached hydrogens (tertiary/aromatic N) is 1. The number of rotatable bonds is 7. The Hall–Kier alpha value is -3.26. The van der Waals surface area contributed by atoms with E-state index in [2.05, 4.69) is 5.32 Å². The van der Waals surface area contributed by atoms with Crippen molar-refractivity contribution in [3.63, 3.8) is 0 Å². The van der Waals surface area contributed by atoms with Crippen LogP contribution in [0.3, 0.4) is 0 Å². The zero-order chi connectivity index (χ0) is 18.4. The lowest BCUT2D eigenvalue weighted by Crippen LogP contribution is -2.51. The lowest BCUT2D eigenvalue weighted by molar-refractivity contribution is -0.385. The molecule has 0 aliphatic carbocycles. The standard InChI is InChI=1S/C17H16N2O6/c20-14(9-11-5-2-1-3-6-11)18-15(17(22)23)16(21)12-7-4-8-13(10-12)19(24)25/h1-8,10,15-16,21H,9H2,(H,18,20)(H,22,23)/p-1/t15-,16-/m1/s1. The molecule has 0 radical (unpaired) electrons. The van der Waals surface area contributed by atoms with Gasteiger partial charge in [0.25, 0.3) is 5.69 Å². The van der Waals surface area contributed by atoms with Gasteiger partial charge in [0.2, 0.25) is 5.91 Å². The summed E-state index contributed by atoms with van der Waals surface area (Å²) in [6.45, 7) is 0. The van der Waals surface area contributed by atoms with Gasteiger partial charge in [0.1, 0.15) is 6.10 Å². The van der Waals surface area contributed by atoms with Crippen LogP contribution in [0, 0.1) is 10.1 Å². The third-order valence-electron chi connectivity index (χ3n) is 3.52. The van der Waals surface area contributed by atoms with Crippen molar-refractivity contribution < 1.29 is 24.7 Å². The van der Waals surface area contributed by atoms with Gasteiger partial charge >= 0.3 is 0 Å². The number of carboxylic acids is 1. The summed E-state index contributed by atoms with van der Waals surface area (Å²) in [4.78, 5) is 33.4.